The number of amides is 2. The molecule has 7 nitrogen and oxygen atoms in total. The van der Waals surface area contributed by atoms with Crippen LogP contribution in [0.1, 0.15) is 47.2 Å². The smallest absolute Gasteiger partial charge is 0.408 e. The van der Waals surface area contributed by atoms with Crippen molar-refractivity contribution >= 4 is 29.3 Å². The molecule has 1 saturated carbocycles. The fourth-order valence-electron chi connectivity index (χ4n) is 5.08. The predicted octanol–water partition coefficient (Wildman–Crippen LogP) is 4.79. The highest BCUT2D eigenvalue weighted by atomic mass is 32.1. The second-order valence-electron chi connectivity index (χ2n) is 9.01. The highest BCUT2D eigenvalue weighted by molar-refractivity contribution is 7.10. The van der Waals surface area contributed by atoms with Crippen molar-refractivity contribution in [2.75, 3.05) is 13.7 Å². The van der Waals surface area contributed by atoms with E-state index in [4.69, 9.17) is 4.74 Å². The van der Waals surface area contributed by atoms with Crippen LogP contribution in [0.2, 0.25) is 0 Å². The maximum atomic E-state index is 13.4. The van der Waals surface area contributed by atoms with Gasteiger partial charge >= 0.3 is 12.1 Å². The number of carbonyl (C=O) groups excluding carboxylic acids is 2. The van der Waals surface area contributed by atoms with Crippen molar-refractivity contribution in [1.82, 2.24) is 10.2 Å². The number of benzene rings is 2. The van der Waals surface area contributed by atoms with E-state index < -0.39 is 29.6 Å². The Labute approximate surface area is 207 Å². The number of fused-ring (bicyclic) bond motifs is 3. The van der Waals surface area contributed by atoms with Gasteiger partial charge in [-0.15, -0.1) is 11.3 Å². The van der Waals surface area contributed by atoms with Crippen molar-refractivity contribution in [2.45, 2.75) is 36.8 Å². The zero-order chi connectivity index (χ0) is 24.6. The monoisotopic (exact) mass is 490 g/mol. The summed E-state index contributed by atoms with van der Waals surface area (Å²) in [5.41, 5.74) is 3.23. The fourth-order valence-corrected chi connectivity index (χ4v) is 5.84. The third-order valence-corrected chi connectivity index (χ3v) is 8.17. The summed E-state index contributed by atoms with van der Waals surface area (Å²) < 4.78 is 5.64. The molecule has 0 bridgehead atoms. The molecule has 0 radical (unpaired) electrons. The van der Waals surface area contributed by atoms with E-state index in [-0.39, 0.29) is 12.5 Å². The number of hydrogen-bond acceptors (Lipinski definition) is 5. The number of likely N-dealkylation sites (N-methyl/N-ethyl adjacent to an activating group) is 1. The summed E-state index contributed by atoms with van der Waals surface area (Å²) in [4.78, 5) is 40.1. The van der Waals surface area contributed by atoms with Gasteiger partial charge < -0.3 is 20.1 Å². The van der Waals surface area contributed by atoms with Crippen LogP contribution in [0.5, 0.6) is 0 Å². The average Bonchev–Trinajstić information content (AvgIpc) is 3.46. The summed E-state index contributed by atoms with van der Waals surface area (Å²) in [5, 5.41) is 14.3. The molecule has 5 rings (SSSR count). The van der Waals surface area contributed by atoms with E-state index in [0.717, 1.165) is 28.7 Å². The summed E-state index contributed by atoms with van der Waals surface area (Å²) in [6, 6.07) is 18.6. The lowest BCUT2D eigenvalue weighted by molar-refractivity contribution is -0.165. The van der Waals surface area contributed by atoms with E-state index in [1.165, 1.54) is 23.3 Å². The number of nitrogens with one attached hydrogen (secondary N) is 1. The van der Waals surface area contributed by atoms with Gasteiger partial charge in [-0.3, -0.25) is 4.79 Å². The lowest BCUT2D eigenvalue weighted by Gasteiger charge is -2.45. The maximum Gasteiger partial charge on any atom is 0.408 e. The number of nitrogens with zero attached hydrogens (tertiary/aromatic N) is 1. The van der Waals surface area contributed by atoms with E-state index in [9.17, 15) is 19.5 Å². The Hall–Kier alpha value is -3.65. The normalized spacial score (nSPS) is 16.4. The van der Waals surface area contributed by atoms with Crippen LogP contribution in [0, 0.1) is 0 Å². The van der Waals surface area contributed by atoms with Gasteiger partial charge in [0.15, 0.2) is 0 Å². The van der Waals surface area contributed by atoms with Gasteiger partial charge in [-0.05, 0) is 53.0 Å². The Bertz CT molecular complexity index is 1220. The Balaban J connectivity index is 1.32. The molecule has 2 aromatic carbocycles. The Morgan fingerprint density at radius 2 is 1.69 bits per heavy atom. The number of aliphatic carboxylic acids is 1. The number of carboxylic acid groups (broad SMARTS) is 1. The van der Waals surface area contributed by atoms with Gasteiger partial charge in [0.25, 0.3) is 5.91 Å². The molecule has 2 aliphatic rings. The van der Waals surface area contributed by atoms with Gasteiger partial charge in [-0.25, -0.2) is 9.59 Å². The molecule has 0 aliphatic heterocycles. The summed E-state index contributed by atoms with van der Waals surface area (Å²) in [6.07, 6.45) is 0.817. The van der Waals surface area contributed by atoms with Gasteiger partial charge in [0.1, 0.15) is 18.2 Å². The lowest BCUT2D eigenvalue weighted by atomic mass is 9.75. The Kier molecular flexibility index (Phi) is 6.06. The van der Waals surface area contributed by atoms with E-state index in [1.54, 1.807) is 12.1 Å². The van der Waals surface area contributed by atoms with Crippen LogP contribution in [0.4, 0.5) is 4.79 Å². The second kappa shape index (κ2) is 9.19. The molecule has 2 N–H and O–H groups in total. The van der Waals surface area contributed by atoms with Crippen LogP contribution in [-0.4, -0.2) is 47.2 Å². The third kappa shape index (κ3) is 3.97. The number of alkyl carbamates (subject to hydrolysis) is 1. The first-order chi connectivity index (χ1) is 16.9. The number of ether oxygens (including phenoxy) is 1. The summed E-state index contributed by atoms with van der Waals surface area (Å²) >= 11 is 1.32. The first kappa shape index (κ1) is 23.1. The summed E-state index contributed by atoms with van der Waals surface area (Å²) in [5.74, 6) is -1.59. The van der Waals surface area contributed by atoms with Gasteiger partial charge in [0.2, 0.25) is 0 Å². The van der Waals surface area contributed by atoms with Crippen LogP contribution < -0.4 is 5.32 Å². The largest absolute Gasteiger partial charge is 0.479 e. The van der Waals surface area contributed by atoms with Crippen LogP contribution in [0.3, 0.4) is 0 Å². The molecule has 3 aromatic rings. The molecule has 35 heavy (non-hydrogen) atoms. The predicted molar refractivity (Wildman–Crippen MR) is 132 cm³/mol. The Morgan fingerprint density at radius 1 is 1.06 bits per heavy atom. The van der Waals surface area contributed by atoms with Crippen molar-refractivity contribution in [3.63, 3.8) is 0 Å². The third-order valence-electron chi connectivity index (χ3n) is 7.23. The van der Waals surface area contributed by atoms with Gasteiger partial charge in [-0.2, -0.15) is 0 Å². The van der Waals surface area contributed by atoms with E-state index in [1.807, 2.05) is 41.8 Å². The minimum atomic E-state index is -1.23. The van der Waals surface area contributed by atoms with E-state index >= 15 is 0 Å². The molecule has 0 saturated heterocycles. The molecule has 1 unspecified atom stereocenters. The molecule has 0 spiro atoms. The van der Waals surface area contributed by atoms with Gasteiger partial charge in [0.05, 0.1) is 0 Å². The molecule has 1 fully saturated rings. The average molecular weight is 491 g/mol. The topological polar surface area (TPSA) is 95.9 Å². The molecule has 1 aromatic heterocycles. The molecule has 2 amide bonds. The molecular formula is C27H26N2O5S. The van der Waals surface area contributed by atoms with Crippen LogP contribution in [-0.2, 0) is 14.3 Å². The second-order valence-corrected chi connectivity index (χ2v) is 9.99. The van der Waals surface area contributed by atoms with E-state index in [0.29, 0.717) is 17.7 Å². The zero-order valence-corrected chi connectivity index (χ0v) is 20.1. The highest BCUT2D eigenvalue weighted by Gasteiger charge is 2.51. The van der Waals surface area contributed by atoms with Crippen LogP contribution in [0.25, 0.3) is 11.1 Å². The molecule has 1 atom stereocenters. The van der Waals surface area contributed by atoms with Crippen LogP contribution >= 0.6 is 11.3 Å². The number of hydrogen-bond donors (Lipinski definition) is 2. The molecule has 1 heterocycles. The van der Waals surface area contributed by atoms with Gasteiger partial charge in [-0.1, -0.05) is 54.6 Å². The SMILES string of the molecule is CN(C(=O)C(NC(=O)OCC1c2ccccc2-c2ccccc21)c1cccs1)C1(C(=O)O)CCC1. The highest BCUT2D eigenvalue weighted by Crippen LogP contribution is 2.44. The zero-order valence-electron chi connectivity index (χ0n) is 19.3. The lowest BCUT2D eigenvalue weighted by Crippen LogP contribution is -2.61. The standard InChI is InChI=1S/C27H26N2O5S/c1-29(27(25(31)32)13-7-14-27)24(30)23(22-12-6-15-35-22)28-26(33)34-16-21-19-10-4-2-8-17(19)18-9-3-5-11-20(18)21/h2-6,8-12,15,21,23H,7,13-14,16H2,1H3,(H,28,33)(H,31,32). The number of carbonyl (C=O) groups is 3. The minimum Gasteiger partial charge on any atom is -0.479 e. The van der Waals surface area contributed by atoms with E-state index in [2.05, 4.69) is 17.4 Å². The summed E-state index contributed by atoms with van der Waals surface area (Å²) in [7, 11) is 1.50. The fraction of sp³-hybridized carbons (Fsp3) is 0.296. The van der Waals surface area contributed by atoms with Crippen molar-refractivity contribution in [1.29, 1.82) is 0 Å². The minimum absolute atomic E-state index is 0.100. The molecular weight excluding hydrogens is 464 g/mol. The number of rotatable bonds is 7. The summed E-state index contributed by atoms with van der Waals surface area (Å²) in [6.45, 7) is 0.125. The molecule has 8 heteroatoms. The molecule has 2 aliphatic carbocycles. The van der Waals surface area contributed by atoms with Crippen molar-refractivity contribution in [3.8, 4) is 11.1 Å². The first-order valence-corrected chi connectivity index (χ1v) is 12.5. The van der Waals surface area contributed by atoms with Crippen LogP contribution in [0.15, 0.2) is 66.0 Å². The van der Waals surface area contributed by atoms with Gasteiger partial charge in [0, 0.05) is 17.8 Å². The van der Waals surface area contributed by atoms with Crippen molar-refractivity contribution in [2.24, 2.45) is 0 Å². The van der Waals surface area contributed by atoms with Crippen molar-refractivity contribution in [3.05, 3.63) is 82.0 Å². The first-order valence-electron chi connectivity index (χ1n) is 11.6. The Morgan fingerprint density at radius 3 is 2.20 bits per heavy atom. The quantitative estimate of drug-likeness (QED) is 0.496. The number of thiophene rings is 1. The number of carboxylic acids is 1. The van der Waals surface area contributed by atoms with Crippen molar-refractivity contribution < 1.29 is 24.2 Å². The maximum absolute atomic E-state index is 13.4. The molecule has 180 valence electrons.